The molecule has 2 atom stereocenters. The molecular formula is C34H39N5O3. The minimum atomic E-state index is -0.232. The van der Waals surface area contributed by atoms with Crippen LogP contribution in [-0.2, 0) is 4.79 Å². The van der Waals surface area contributed by atoms with E-state index in [2.05, 4.69) is 25.4 Å². The third-order valence-electron chi connectivity index (χ3n) is 9.00. The van der Waals surface area contributed by atoms with Crippen molar-refractivity contribution in [2.45, 2.75) is 58.5 Å². The molecule has 3 aliphatic heterocycles. The van der Waals surface area contributed by atoms with E-state index in [1.54, 1.807) is 24.3 Å². The molecule has 4 heterocycles. The number of H-pyrrole nitrogens is 1. The molecule has 3 N–H and O–H groups in total. The van der Waals surface area contributed by atoms with Crippen molar-refractivity contribution in [1.82, 2.24) is 20.1 Å². The molecule has 3 aromatic rings. The number of nitrogens with zero attached hydrogens (tertiary/aromatic N) is 2. The number of rotatable bonds is 7. The van der Waals surface area contributed by atoms with Crippen molar-refractivity contribution >= 4 is 35.1 Å². The second-order valence-electron chi connectivity index (χ2n) is 11.8. The van der Waals surface area contributed by atoms with Gasteiger partial charge in [0, 0.05) is 47.3 Å². The standard InChI is InChI=1S/C34H39N5O3/c1-21-30(35-23(3)31(21)34(42)39-17-9-12-26(39)20-38-15-7-8-16-38)19-28-27-18-25(13-14-29(27)37-33(28)41)32(40)36-22(2)24-10-5-4-6-11-24/h4-6,10-11,13-14,18-19,22,26,35H,7-9,12,15-17,20H2,1-3H3,(H,36,40)(H,37,41)/b28-19-/t22-,26-/m1/s1. The summed E-state index contributed by atoms with van der Waals surface area (Å²) in [5.74, 6) is -0.373. The number of amides is 3. The van der Waals surface area contributed by atoms with Crippen LogP contribution >= 0.6 is 0 Å². The summed E-state index contributed by atoms with van der Waals surface area (Å²) in [7, 11) is 0. The number of fused-ring (bicyclic) bond motifs is 1. The van der Waals surface area contributed by atoms with Gasteiger partial charge in [0.1, 0.15) is 0 Å². The number of aromatic nitrogens is 1. The van der Waals surface area contributed by atoms with E-state index in [1.807, 2.05) is 51.1 Å². The van der Waals surface area contributed by atoms with E-state index in [4.69, 9.17) is 0 Å². The molecule has 0 spiro atoms. The van der Waals surface area contributed by atoms with Crippen LogP contribution in [0.3, 0.4) is 0 Å². The molecule has 2 aromatic carbocycles. The molecule has 0 saturated carbocycles. The fraction of sp³-hybridized carbons (Fsp3) is 0.382. The van der Waals surface area contributed by atoms with E-state index < -0.39 is 0 Å². The summed E-state index contributed by atoms with van der Waals surface area (Å²) >= 11 is 0. The van der Waals surface area contributed by atoms with Crippen LogP contribution in [0.1, 0.15) is 87.4 Å². The molecule has 218 valence electrons. The second-order valence-corrected chi connectivity index (χ2v) is 11.8. The van der Waals surface area contributed by atoms with Crippen LogP contribution < -0.4 is 10.6 Å². The van der Waals surface area contributed by atoms with Crippen molar-refractivity contribution in [2.75, 3.05) is 31.5 Å². The lowest BCUT2D eigenvalue weighted by Gasteiger charge is -2.28. The quantitative estimate of drug-likeness (QED) is 0.338. The molecule has 1 aromatic heterocycles. The minimum Gasteiger partial charge on any atom is -0.358 e. The van der Waals surface area contributed by atoms with Gasteiger partial charge in [-0.05, 0) is 94.9 Å². The first-order valence-electron chi connectivity index (χ1n) is 15.1. The predicted molar refractivity (Wildman–Crippen MR) is 165 cm³/mol. The highest BCUT2D eigenvalue weighted by atomic mass is 16.2. The number of likely N-dealkylation sites (tertiary alicyclic amines) is 2. The van der Waals surface area contributed by atoms with Crippen molar-refractivity contribution in [3.63, 3.8) is 0 Å². The van der Waals surface area contributed by atoms with Crippen LogP contribution in [0.25, 0.3) is 11.6 Å². The summed E-state index contributed by atoms with van der Waals surface area (Å²) in [6.45, 7) is 9.78. The van der Waals surface area contributed by atoms with E-state index >= 15 is 0 Å². The van der Waals surface area contributed by atoms with E-state index in [1.165, 1.54) is 12.8 Å². The average Bonchev–Trinajstić information content (AvgIpc) is 3.78. The Hall–Kier alpha value is -4.17. The number of nitrogens with one attached hydrogen (secondary N) is 3. The molecule has 6 rings (SSSR count). The second kappa shape index (κ2) is 11.6. The van der Waals surface area contributed by atoms with Gasteiger partial charge in [0.2, 0.25) is 0 Å². The van der Waals surface area contributed by atoms with Gasteiger partial charge in [-0.2, -0.15) is 0 Å². The van der Waals surface area contributed by atoms with Crippen LogP contribution in [0, 0.1) is 13.8 Å². The van der Waals surface area contributed by atoms with Crippen molar-refractivity contribution in [3.05, 3.63) is 87.7 Å². The molecule has 8 nitrogen and oxygen atoms in total. The van der Waals surface area contributed by atoms with E-state index in [-0.39, 0.29) is 29.8 Å². The highest BCUT2D eigenvalue weighted by molar-refractivity contribution is 6.35. The predicted octanol–water partition coefficient (Wildman–Crippen LogP) is 5.32. The zero-order valence-corrected chi connectivity index (χ0v) is 24.6. The summed E-state index contributed by atoms with van der Waals surface area (Å²) in [5, 5.41) is 5.97. The number of carbonyl (C=O) groups is 3. The third-order valence-corrected chi connectivity index (χ3v) is 9.00. The van der Waals surface area contributed by atoms with Crippen LogP contribution in [0.15, 0.2) is 48.5 Å². The Balaban J connectivity index is 1.24. The molecule has 0 unspecified atom stereocenters. The molecule has 2 saturated heterocycles. The maximum atomic E-state index is 13.8. The van der Waals surface area contributed by atoms with Gasteiger partial charge in [0.05, 0.1) is 17.2 Å². The highest BCUT2D eigenvalue weighted by Gasteiger charge is 2.34. The summed E-state index contributed by atoms with van der Waals surface area (Å²) in [4.78, 5) is 47.9. The van der Waals surface area contributed by atoms with Crippen LogP contribution in [0.5, 0.6) is 0 Å². The van der Waals surface area contributed by atoms with Gasteiger partial charge in [0.15, 0.2) is 0 Å². The molecule has 3 amide bonds. The lowest BCUT2D eigenvalue weighted by molar-refractivity contribution is -0.110. The topological polar surface area (TPSA) is 97.5 Å². The largest absolute Gasteiger partial charge is 0.358 e. The summed E-state index contributed by atoms with van der Waals surface area (Å²) < 4.78 is 0. The van der Waals surface area contributed by atoms with Gasteiger partial charge in [-0.25, -0.2) is 0 Å². The van der Waals surface area contributed by atoms with Crippen molar-refractivity contribution in [3.8, 4) is 0 Å². The van der Waals surface area contributed by atoms with E-state index in [9.17, 15) is 14.4 Å². The van der Waals surface area contributed by atoms with Crippen LogP contribution in [0.4, 0.5) is 5.69 Å². The lowest BCUT2D eigenvalue weighted by atomic mass is 10.0. The molecule has 8 heteroatoms. The summed E-state index contributed by atoms with van der Waals surface area (Å²) in [6, 6.07) is 15.1. The number of hydrogen-bond donors (Lipinski definition) is 3. The lowest BCUT2D eigenvalue weighted by Crippen LogP contribution is -2.42. The molecule has 42 heavy (non-hydrogen) atoms. The smallest absolute Gasteiger partial charge is 0.256 e. The Bertz CT molecular complexity index is 1550. The Morgan fingerprint density at radius 3 is 2.57 bits per heavy atom. The molecule has 0 aliphatic carbocycles. The Morgan fingerprint density at radius 1 is 1.05 bits per heavy atom. The normalized spacial score (nSPS) is 20.2. The van der Waals surface area contributed by atoms with Gasteiger partial charge in [-0.15, -0.1) is 0 Å². The SMILES string of the molecule is Cc1[nH]c(/C=C2\C(=O)Nc3ccc(C(=O)N[C@H](C)c4ccccc4)cc32)c(C)c1C(=O)N1CCC[C@@H]1CN1CCCC1. The van der Waals surface area contributed by atoms with Gasteiger partial charge >= 0.3 is 0 Å². The van der Waals surface area contributed by atoms with Crippen molar-refractivity contribution in [1.29, 1.82) is 0 Å². The zero-order chi connectivity index (χ0) is 29.4. The number of aryl methyl sites for hydroxylation is 1. The van der Waals surface area contributed by atoms with Gasteiger partial charge in [0.25, 0.3) is 17.7 Å². The number of benzene rings is 2. The Morgan fingerprint density at radius 2 is 1.81 bits per heavy atom. The number of carbonyl (C=O) groups excluding carboxylic acids is 3. The summed E-state index contributed by atoms with van der Waals surface area (Å²) in [6.07, 6.45) is 6.36. The first-order valence-corrected chi connectivity index (χ1v) is 15.1. The first-order chi connectivity index (χ1) is 20.3. The zero-order valence-electron chi connectivity index (χ0n) is 24.6. The number of hydrogen-bond acceptors (Lipinski definition) is 4. The van der Waals surface area contributed by atoms with Crippen LogP contribution in [0.2, 0.25) is 0 Å². The minimum absolute atomic E-state index is 0.0652. The van der Waals surface area contributed by atoms with E-state index in [0.29, 0.717) is 28.0 Å². The fourth-order valence-electron chi connectivity index (χ4n) is 6.66. The molecule has 3 aliphatic rings. The van der Waals surface area contributed by atoms with Crippen molar-refractivity contribution in [2.24, 2.45) is 0 Å². The molecule has 0 bridgehead atoms. The molecule has 0 radical (unpaired) electrons. The van der Waals surface area contributed by atoms with Crippen LogP contribution in [-0.4, -0.2) is 64.7 Å². The summed E-state index contributed by atoms with van der Waals surface area (Å²) in [5.41, 5.74) is 6.36. The van der Waals surface area contributed by atoms with Gasteiger partial charge < -0.3 is 25.4 Å². The third kappa shape index (κ3) is 5.39. The monoisotopic (exact) mass is 565 g/mol. The average molecular weight is 566 g/mol. The first kappa shape index (κ1) is 28.0. The van der Waals surface area contributed by atoms with E-state index in [0.717, 1.165) is 61.5 Å². The van der Waals surface area contributed by atoms with Gasteiger partial charge in [-0.3, -0.25) is 14.4 Å². The molecule has 2 fully saturated rings. The van der Waals surface area contributed by atoms with Crippen molar-refractivity contribution < 1.29 is 14.4 Å². The highest BCUT2D eigenvalue weighted by Crippen LogP contribution is 2.35. The Kier molecular flexibility index (Phi) is 7.73. The molecular weight excluding hydrogens is 526 g/mol. The van der Waals surface area contributed by atoms with Gasteiger partial charge in [-0.1, -0.05) is 30.3 Å². The Labute approximate surface area is 247 Å². The maximum Gasteiger partial charge on any atom is 0.256 e. The fourth-order valence-corrected chi connectivity index (χ4v) is 6.66. The number of aromatic amines is 1. The number of anilines is 1. The maximum absolute atomic E-state index is 13.8.